The Balaban J connectivity index is 1.96. The molecule has 1 aromatic heterocycles. The van der Waals surface area contributed by atoms with E-state index in [9.17, 15) is 4.79 Å². The van der Waals surface area contributed by atoms with E-state index >= 15 is 0 Å². The van der Waals surface area contributed by atoms with E-state index in [0.717, 1.165) is 6.54 Å². The quantitative estimate of drug-likeness (QED) is 0.667. The van der Waals surface area contributed by atoms with E-state index in [0.29, 0.717) is 29.4 Å². The number of carboxylic acids is 1. The molecule has 0 bridgehead atoms. The highest BCUT2D eigenvalue weighted by Gasteiger charge is 2.21. The summed E-state index contributed by atoms with van der Waals surface area (Å²) in [7, 11) is 0. The van der Waals surface area contributed by atoms with Crippen LogP contribution in [0.5, 0.6) is 0 Å². The largest absolute Gasteiger partial charge is 0.478 e. The van der Waals surface area contributed by atoms with Crippen molar-refractivity contribution in [3.63, 3.8) is 0 Å². The van der Waals surface area contributed by atoms with Crippen molar-refractivity contribution in [1.29, 1.82) is 0 Å². The first-order valence-corrected chi connectivity index (χ1v) is 5.19. The fourth-order valence-electron chi connectivity index (χ4n) is 1.63. The molecule has 1 aliphatic rings. The van der Waals surface area contributed by atoms with Gasteiger partial charge in [-0.05, 0) is 19.8 Å². The van der Waals surface area contributed by atoms with Crippen LogP contribution in [0.4, 0.5) is 0 Å². The van der Waals surface area contributed by atoms with Gasteiger partial charge < -0.3 is 10.4 Å². The maximum Gasteiger partial charge on any atom is 0.339 e. The molecule has 3 N–H and O–H groups in total. The molecule has 0 atom stereocenters. The Kier molecular flexibility index (Phi) is 2.73. The second-order valence-electron chi connectivity index (χ2n) is 3.95. The highest BCUT2D eigenvalue weighted by Crippen LogP contribution is 2.18. The predicted molar refractivity (Wildman–Crippen MR) is 55.0 cm³/mol. The van der Waals surface area contributed by atoms with Crippen LogP contribution in [0.15, 0.2) is 0 Å². The van der Waals surface area contributed by atoms with Gasteiger partial charge in [-0.3, -0.25) is 5.10 Å². The van der Waals surface area contributed by atoms with E-state index in [1.807, 2.05) is 0 Å². The van der Waals surface area contributed by atoms with E-state index in [1.165, 1.54) is 12.8 Å². The molecule has 1 aliphatic carbocycles. The highest BCUT2D eigenvalue weighted by atomic mass is 16.4. The van der Waals surface area contributed by atoms with Crippen LogP contribution < -0.4 is 5.32 Å². The minimum absolute atomic E-state index is 0.326. The minimum Gasteiger partial charge on any atom is -0.478 e. The Bertz CT molecular complexity index is 369. The van der Waals surface area contributed by atoms with E-state index in [2.05, 4.69) is 15.5 Å². The minimum atomic E-state index is -0.900. The van der Waals surface area contributed by atoms with Gasteiger partial charge in [-0.1, -0.05) is 0 Å². The fraction of sp³-hybridized carbons (Fsp3) is 0.600. The lowest BCUT2D eigenvalue weighted by atomic mass is 10.1. The standard InChI is InChI=1S/C10H15N3O2/c1-6-9(10(14)15)8(13-12-6)4-5-11-7-2-3-7/h7,11H,2-5H2,1H3,(H,12,13)(H,14,15). The molecule has 5 nitrogen and oxygen atoms in total. The summed E-state index contributed by atoms with van der Waals surface area (Å²) >= 11 is 0. The Hall–Kier alpha value is -1.36. The second-order valence-corrected chi connectivity index (χ2v) is 3.95. The molecule has 1 heterocycles. The van der Waals surface area contributed by atoms with Crippen LogP contribution in [-0.4, -0.2) is 33.9 Å². The number of hydrogen-bond acceptors (Lipinski definition) is 3. The average molecular weight is 209 g/mol. The number of carbonyl (C=O) groups is 1. The summed E-state index contributed by atoms with van der Waals surface area (Å²) in [5, 5.41) is 19.0. The molecule has 0 aromatic carbocycles. The Morgan fingerprint density at radius 1 is 1.67 bits per heavy atom. The van der Waals surface area contributed by atoms with Crippen molar-refractivity contribution in [2.45, 2.75) is 32.2 Å². The molecule has 0 saturated heterocycles. The lowest BCUT2D eigenvalue weighted by Gasteiger charge is -2.01. The van der Waals surface area contributed by atoms with Crippen molar-refractivity contribution >= 4 is 5.97 Å². The molecule has 1 aromatic rings. The lowest BCUT2D eigenvalue weighted by molar-refractivity contribution is 0.0695. The lowest BCUT2D eigenvalue weighted by Crippen LogP contribution is -2.20. The first-order chi connectivity index (χ1) is 7.18. The molecular formula is C10H15N3O2. The summed E-state index contributed by atoms with van der Waals surface area (Å²) in [6.45, 7) is 2.53. The molecule has 2 rings (SSSR count). The summed E-state index contributed by atoms with van der Waals surface area (Å²) in [4.78, 5) is 10.9. The van der Waals surface area contributed by atoms with Crippen LogP contribution in [-0.2, 0) is 6.42 Å². The van der Waals surface area contributed by atoms with Crippen LogP contribution in [0.25, 0.3) is 0 Å². The third-order valence-corrected chi connectivity index (χ3v) is 2.61. The molecule has 0 spiro atoms. The number of nitrogens with one attached hydrogen (secondary N) is 2. The third-order valence-electron chi connectivity index (χ3n) is 2.61. The van der Waals surface area contributed by atoms with Crippen LogP contribution in [0, 0.1) is 6.92 Å². The number of rotatable bonds is 5. The molecule has 82 valence electrons. The first-order valence-electron chi connectivity index (χ1n) is 5.19. The number of aryl methyl sites for hydroxylation is 1. The summed E-state index contributed by atoms with van der Waals surface area (Å²) in [6, 6.07) is 0.651. The number of hydrogen-bond donors (Lipinski definition) is 3. The molecule has 0 aliphatic heterocycles. The Labute approximate surface area is 87.9 Å². The first kappa shape index (κ1) is 10.2. The SMILES string of the molecule is Cc1[nH]nc(CCNC2CC2)c1C(=O)O. The molecule has 1 fully saturated rings. The van der Waals surface area contributed by atoms with Gasteiger partial charge in [0.25, 0.3) is 0 Å². The van der Waals surface area contributed by atoms with Crippen LogP contribution in [0.3, 0.4) is 0 Å². The summed E-state index contributed by atoms with van der Waals surface area (Å²) in [5.41, 5.74) is 1.60. The summed E-state index contributed by atoms with van der Waals surface area (Å²) < 4.78 is 0. The van der Waals surface area contributed by atoms with Gasteiger partial charge in [0, 0.05) is 24.7 Å². The van der Waals surface area contributed by atoms with Crippen molar-refractivity contribution in [3.8, 4) is 0 Å². The smallest absolute Gasteiger partial charge is 0.339 e. The van der Waals surface area contributed by atoms with Crippen molar-refractivity contribution in [3.05, 3.63) is 17.0 Å². The number of nitrogens with zero attached hydrogens (tertiary/aromatic N) is 1. The average Bonchev–Trinajstić information content (AvgIpc) is 2.90. The maximum absolute atomic E-state index is 10.9. The van der Waals surface area contributed by atoms with Crippen molar-refractivity contribution in [2.75, 3.05) is 6.54 Å². The molecule has 1 saturated carbocycles. The molecule has 0 radical (unpaired) electrons. The fourth-order valence-corrected chi connectivity index (χ4v) is 1.63. The zero-order chi connectivity index (χ0) is 10.8. The van der Waals surface area contributed by atoms with Crippen molar-refractivity contribution < 1.29 is 9.90 Å². The molecule has 0 unspecified atom stereocenters. The van der Waals surface area contributed by atoms with Gasteiger partial charge in [-0.25, -0.2) is 4.79 Å². The van der Waals surface area contributed by atoms with E-state index in [4.69, 9.17) is 5.11 Å². The van der Waals surface area contributed by atoms with Crippen molar-refractivity contribution in [1.82, 2.24) is 15.5 Å². The number of aromatic amines is 1. The van der Waals surface area contributed by atoms with Crippen molar-refractivity contribution in [2.24, 2.45) is 0 Å². The number of carboxylic acid groups (broad SMARTS) is 1. The topological polar surface area (TPSA) is 78.0 Å². The van der Waals surface area contributed by atoms with Crippen LogP contribution in [0.1, 0.15) is 34.6 Å². The predicted octanol–water partition coefficient (Wildman–Crippen LogP) is 0.711. The summed E-state index contributed by atoms with van der Waals surface area (Å²) in [5.74, 6) is -0.900. The molecular weight excluding hydrogens is 194 g/mol. The number of H-pyrrole nitrogens is 1. The van der Waals surface area contributed by atoms with Gasteiger partial charge in [-0.15, -0.1) is 0 Å². The zero-order valence-corrected chi connectivity index (χ0v) is 8.71. The van der Waals surface area contributed by atoms with Crippen LogP contribution >= 0.6 is 0 Å². The third kappa shape index (κ3) is 2.36. The van der Waals surface area contributed by atoms with Gasteiger partial charge in [0.05, 0.1) is 5.69 Å². The van der Waals surface area contributed by atoms with E-state index in [-0.39, 0.29) is 0 Å². The zero-order valence-electron chi connectivity index (χ0n) is 8.71. The Morgan fingerprint density at radius 2 is 2.40 bits per heavy atom. The highest BCUT2D eigenvalue weighted by molar-refractivity contribution is 5.90. The molecule has 15 heavy (non-hydrogen) atoms. The van der Waals surface area contributed by atoms with E-state index < -0.39 is 5.97 Å². The van der Waals surface area contributed by atoms with E-state index in [1.54, 1.807) is 6.92 Å². The van der Waals surface area contributed by atoms with Gasteiger partial charge in [0.1, 0.15) is 5.56 Å². The van der Waals surface area contributed by atoms with Gasteiger partial charge in [0.15, 0.2) is 0 Å². The molecule has 0 amide bonds. The van der Waals surface area contributed by atoms with Crippen LogP contribution in [0.2, 0.25) is 0 Å². The number of aromatic carboxylic acids is 1. The maximum atomic E-state index is 10.9. The molecule has 5 heteroatoms. The van der Waals surface area contributed by atoms with Gasteiger partial charge >= 0.3 is 5.97 Å². The van der Waals surface area contributed by atoms with Gasteiger partial charge in [0.2, 0.25) is 0 Å². The Morgan fingerprint density at radius 3 is 3.00 bits per heavy atom. The number of aromatic nitrogens is 2. The normalized spacial score (nSPS) is 15.5. The summed E-state index contributed by atoms with van der Waals surface area (Å²) in [6.07, 6.45) is 3.15. The van der Waals surface area contributed by atoms with Gasteiger partial charge in [-0.2, -0.15) is 5.10 Å². The second kappa shape index (κ2) is 4.02. The monoisotopic (exact) mass is 209 g/mol.